The Bertz CT molecular complexity index is 935. The highest BCUT2D eigenvalue weighted by atomic mass is 15.4. The number of para-hydroxylation sites is 4. The lowest BCUT2D eigenvalue weighted by Gasteiger charge is -2.42. The number of hydrogen-bond donors (Lipinski definition) is 0. The minimum Gasteiger partial charge on any atom is -0.320 e. The average Bonchev–Trinajstić information content (AvgIpc) is 2.95. The van der Waals surface area contributed by atoms with Gasteiger partial charge in [0.25, 0.3) is 0 Å². The van der Waals surface area contributed by atoms with E-state index >= 15 is 0 Å². The summed E-state index contributed by atoms with van der Waals surface area (Å²) in [6, 6.07) is 43.4. The van der Waals surface area contributed by atoms with Crippen LogP contribution in [0, 0.1) is 0 Å². The number of rotatable bonds is 14. The van der Waals surface area contributed by atoms with E-state index in [9.17, 15) is 0 Å². The standard InChI is InChI=1S/C34H40N2/c1-2-3-4-5-6-7-20-29-34(35(30-21-12-8-13-22-30)31-23-14-9-15-24-31)36(32-25-16-10-17-26-32)33-27-18-11-19-28-33/h8-19,21-28,34H,2-7,20,29H2,1H3. The highest BCUT2D eigenvalue weighted by molar-refractivity contribution is 5.71. The van der Waals surface area contributed by atoms with Crippen LogP contribution in [0.15, 0.2) is 121 Å². The molecular formula is C34H40N2. The highest BCUT2D eigenvalue weighted by Gasteiger charge is 2.28. The fourth-order valence-electron chi connectivity index (χ4n) is 5.00. The van der Waals surface area contributed by atoms with Gasteiger partial charge >= 0.3 is 0 Å². The van der Waals surface area contributed by atoms with Crippen LogP contribution < -0.4 is 9.80 Å². The first-order valence-corrected chi connectivity index (χ1v) is 13.7. The molecule has 0 atom stereocenters. The second-order valence-electron chi connectivity index (χ2n) is 9.47. The molecule has 0 aliphatic heterocycles. The summed E-state index contributed by atoms with van der Waals surface area (Å²) in [6.45, 7) is 2.29. The summed E-state index contributed by atoms with van der Waals surface area (Å²) in [5.41, 5.74) is 4.86. The maximum Gasteiger partial charge on any atom is 0.111 e. The summed E-state index contributed by atoms with van der Waals surface area (Å²) >= 11 is 0. The van der Waals surface area contributed by atoms with Crippen LogP contribution in [-0.4, -0.2) is 6.17 Å². The van der Waals surface area contributed by atoms with Gasteiger partial charge in [0.2, 0.25) is 0 Å². The third-order valence-corrected chi connectivity index (χ3v) is 6.80. The van der Waals surface area contributed by atoms with E-state index in [1.165, 1.54) is 67.7 Å². The van der Waals surface area contributed by atoms with E-state index < -0.39 is 0 Å². The normalized spacial score (nSPS) is 10.9. The summed E-state index contributed by atoms with van der Waals surface area (Å²) in [7, 11) is 0. The number of unbranched alkanes of at least 4 members (excludes halogenated alkanes) is 6. The molecule has 0 fully saturated rings. The van der Waals surface area contributed by atoms with E-state index in [2.05, 4.69) is 138 Å². The van der Waals surface area contributed by atoms with E-state index in [0.717, 1.165) is 6.42 Å². The fourth-order valence-corrected chi connectivity index (χ4v) is 5.00. The van der Waals surface area contributed by atoms with E-state index in [1.807, 2.05) is 0 Å². The first-order valence-electron chi connectivity index (χ1n) is 13.7. The van der Waals surface area contributed by atoms with Crippen molar-refractivity contribution in [2.45, 2.75) is 64.5 Å². The van der Waals surface area contributed by atoms with Crippen LogP contribution in [0.5, 0.6) is 0 Å². The molecule has 4 aromatic carbocycles. The predicted octanol–water partition coefficient (Wildman–Crippen LogP) is 10.1. The van der Waals surface area contributed by atoms with Crippen LogP contribution in [0.2, 0.25) is 0 Å². The number of anilines is 4. The summed E-state index contributed by atoms with van der Waals surface area (Å²) in [5, 5.41) is 0. The molecule has 0 radical (unpaired) electrons. The van der Waals surface area contributed by atoms with Crippen molar-refractivity contribution < 1.29 is 0 Å². The molecule has 186 valence electrons. The second-order valence-corrected chi connectivity index (χ2v) is 9.47. The van der Waals surface area contributed by atoms with Gasteiger partial charge < -0.3 is 9.80 Å². The van der Waals surface area contributed by atoms with Crippen LogP contribution in [0.4, 0.5) is 22.7 Å². The van der Waals surface area contributed by atoms with Gasteiger partial charge in [0.1, 0.15) is 6.17 Å². The van der Waals surface area contributed by atoms with Crippen LogP contribution in [0.25, 0.3) is 0 Å². The predicted molar refractivity (Wildman–Crippen MR) is 156 cm³/mol. The Morgan fingerprint density at radius 2 is 0.722 bits per heavy atom. The zero-order valence-corrected chi connectivity index (χ0v) is 21.7. The van der Waals surface area contributed by atoms with E-state index in [1.54, 1.807) is 0 Å². The van der Waals surface area contributed by atoms with Crippen molar-refractivity contribution in [3.8, 4) is 0 Å². The van der Waals surface area contributed by atoms with E-state index in [4.69, 9.17) is 0 Å². The third-order valence-electron chi connectivity index (χ3n) is 6.80. The molecule has 36 heavy (non-hydrogen) atoms. The van der Waals surface area contributed by atoms with Gasteiger partial charge in [-0.3, -0.25) is 0 Å². The molecule has 0 unspecified atom stereocenters. The maximum atomic E-state index is 2.52. The fraction of sp³-hybridized carbons (Fsp3) is 0.294. The van der Waals surface area contributed by atoms with Crippen LogP contribution in [0.3, 0.4) is 0 Å². The Labute approximate surface area is 218 Å². The Hall–Kier alpha value is -3.52. The van der Waals surface area contributed by atoms with Crippen molar-refractivity contribution >= 4 is 22.7 Å². The van der Waals surface area contributed by atoms with Gasteiger partial charge in [0.15, 0.2) is 0 Å². The molecule has 0 spiro atoms. The number of hydrogen-bond acceptors (Lipinski definition) is 2. The lowest BCUT2D eigenvalue weighted by molar-refractivity contribution is 0.527. The topological polar surface area (TPSA) is 6.48 Å². The highest BCUT2D eigenvalue weighted by Crippen LogP contribution is 2.37. The van der Waals surface area contributed by atoms with Crippen molar-refractivity contribution in [3.63, 3.8) is 0 Å². The summed E-state index contributed by atoms with van der Waals surface area (Å²) in [5.74, 6) is 0. The lowest BCUT2D eigenvalue weighted by Crippen LogP contribution is -2.44. The van der Waals surface area contributed by atoms with Crippen LogP contribution >= 0.6 is 0 Å². The molecule has 2 heteroatoms. The summed E-state index contributed by atoms with van der Waals surface area (Å²) < 4.78 is 0. The van der Waals surface area contributed by atoms with Crippen LogP contribution in [-0.2, 0) is 0 Å². The molecule has 4 aromatic rings. The minimum atomic E-state index is 0.134. The molecule has 0 aromatic heterocycles. The molecule has 2 nitrogen and oxygen atoms in total. The first kappa shape index (κ1) is 25.6. The molecule has 0 saturated carbocycles. The number of nitrogens with zero attached hydrogens (tertiary/aromatic N) is 2. The smallest absolute Gasteiger partial charge is 0.111 e. The molecule has 0 aliphatic carbocycles. The Morgan fingerprint density at radius 1 is 0.417 bits per heavy atom. The lowest BCUT2D eigenvalue weighted by atomic mass is 10.0. The van der Waals surface area contributed by atoms with Gasteiger partial charge in [-0.05, 0) is 61.4 Å². The van der Waals surface area contributed by atoms with Gasteiger partial charge in [0.05, 0.1) is 0 Å². The Kier molecular flexibility index (Phi) is 10.0. The van der Waals surface area contributed by atoms with Gasteiger partial charge in [0, 0.05) is 22.7 Å². The van der Waals surface area contributed by atoms with Gasteiger partial charge in [-0.2, -0.15) is 0 Å². The zero-order chi connectivity index (χ0) is 24.8. The average molecular weight is 477 g/mol. The van der Waals surface area contributed by atoms with E-state index in [0.29, 0.717) is 0 Å². The summed E-state index contributed by atoms with van der Waals surface area (Å²) in [6.07, 6.45) is 10.4. The Morgan fingerprint density at radius 3 is 1.06 bits per heavy atom. The first-order chi connectivity index (χ1) is 17.9. The molecule has 0 bridgehead atoms. The van der Waals surface area contributed by atoms with Gasteiger partial charge in [-0.15, -0.1) is 0 Å². The van der Waals surface area contributed by atoms with Crippen molar-refractivity contribution in [2.75, 3.05) is 9.80 Å². The van der Waals surface area contributed by atoms with Crippen molar-refractivity contribution in [1.29, 1.82) is 0 Å². The molecule has 0 saturated heterocycles. The largest absolute Gasteiger partial charge is 0.320 e. The molecule has 0 aliphatic rings. The van der Waals surface area contributed by atoms with Crippen molar-refractivity contribution in [1.82, 2.24) is 0 Å². The molecular weight excluding hydrogens is 436 g/mol. The quantitative estimate of drug-likeness (QED) is 0.132. The SMILES string of the molecule is CCCCCCCCCC(N(c1ccccc1)c1ccccc1)N(c1ccccc1)c1ccccc1. The monoisotopic (exact) mass is 476 g/mol. The number of benzene rings is 4. The third kappa shape index (κ3) is 7.01. The molecule has 0 N–H and O–H groups in total. The summed E-state index contributed by atoms with van der Waals surface area (Å²) in [4.78, 5) is 5.05. The van der Waals surface area contributed by atoms with E-state index in [-0.39, 0.29) is 6.17 Å². The maximum absolute atomic E-state index is 2.52. The molecule has 4 rings (SSSR count). The second kappa shape index (κ2) is 14.1. The van der Waals surface area contributed by atoms with Crippen molar-refractivity contribution in [3.05, 3.63) is 121 Å². The van der Waals surface area contributed by atoms with Gasteiger partial charge in [-0.1, -0.05) is 118 Å². The minimum absolute atomic E-state index is 0.134. The zero-order valence-electron chi connectivity index (χ0n) is 21.7. The van der Waals surface area contributed by atoms with Crippen LogP contribution in [0.1, 0.15) is 58.3 Å². The Balaban J connectivity index is 1.73. The molecule has 0 heterocycles. The van der Waals surface area contributed by atoms with Gasteiger partial charge in [-0.25, -0.2) is 0 Å². The van der Waals surface area contributed by atoms with Crippen molar-refractivity contribution in [2.24, 2.45) is 0 Å². The molecule has 0 amide bonds.